The minimum Gasteiger partial charge on any atom is -0.487 e. The lowest BCUT2D eigenvalue weighted by atomic mass is 10.00. The minimum atomic E-state index is -0.0532. The Bertz CT molecular complexity index is 787. The first-order valence-corrected chi connectivity index (χ1v) is 12.9. The monoisotopic (exact) mass is 456 g/mol. The van der Waals surface area contributed by atoms with Crippen LogP contribution in [0, 0.1) is 0 Å². The lowest BCUT2D eigenvalue weighted by molar-refractivity contribution is -0.125. The molecule has 0 aliphatic carbocycles. The zero-order chi connectivity index (χ0) is 23.0. The zero-order valence-electron chi connectivity index (χ0n) is 20.1. The topological polar surface area (TPSA) is 65.1 Å². The fourth-order valence-electron chi connectivity index (χ4n) is 5.39. The number of ether oxygens (including phenoxy) is 1. The van der Waals surface area contributed by atoms with Crippen LogP contribution >= 0.6 is 0 Å². The van der Waals surface area contributed by atoms with E-state index in [-0.39, 0.29) is 30.8 Å². The maximum absolute atomic E-state index is 12.8. The van der Waals surface area contributed by atoms with E-state index < -0.39 is 0 Å². The van der Waals surface area contributed by atoms with Crippen molar-refractivity contribution in [1.29, 1.82) is 0 Å². The molecule has 4 rings (SSSR count). The molecular formula is C26H40N4O3. The Labute approximate surface area is 198 Å². The number of carbonyl (C=O) groups excluding carboxylic acids is 2. The highest BCUT2D eigenvalue weighted by molar-refractivity contribution is 5.97. The Hall–Kier alpha value is -2.12. The Morgan fingerprint density at radius 3 is 2.58 bits per heavy atom. The number of rotatable bonds is 8. The van der Waals surface area contributed by atoms with Gasteiger partial charge in [-0.2, -0.15) is 0 Å². The van der Waals surface area contributed by atoms with Gasteiger partial charge >= 0.3 is 0 Å². The van der Waals surface area contributed by atoms with Gasteiger partial charge < -0.3 is 24.8 Å². The number of hydrogen-bond donors (Lipinski definition) is 1. The molecule has 2 amide bonds. The fraction of sp³-hybridized carbons (Fsp3) is 0.692. The van der Waals surface area contributed by atoms with Gasteiger partial charge in [0.05, 0.1) is 12.2 Å². The SMILES string of the molecule is C[C@H]1CN(C(=O)CCC(=O)NCCCN2CCC(N3CCCCC3)CC2)c2ccccc2O1. The first kappa shape index (κ1) is 24.0. The van der Waals surface area contributed by atoms with E-state index in [9.17, 15) is 9.59 Å². The molecule has 1 aromatic carbocycles. The van der Waals surface area contributed by atoms with Gasteiger partial charge in [0.2, 0.25) is 11.8 Å². The van der Waals surface area contributed by atoms with Gasteiger partial charge in [-0.1, -0.05) is 18.6 Å². The molecule has 2 fully saturated rings. The smallest absolute Gasteiger partial charge is 0.227 e. The first-order valence-electron chi connectivity index (χ1n) is 12.9. The van der Waals surface area contributed by atoms with Gasteiger partial charge in [-0.15, -0.1) is 0 Å². The number of hydrogen-bond acceptors (Lipinski definition) is 5. The van der Waals surface area contributed by atoms with Gasteiger partial charge in [0.25, 0.3) is 0 Å². The summed E-state index contributed by atoms with van der Waals surface area (Å²) < 4.78 is 5.81. The molecule has 7 nitrogen and oxygen atoms in total. The largest absolute Gasteiger partial charge is 0.487 e. The van der Waals surface area contributed by atoms with Crippen LogP contribution in [0.3, 0.4) is 0 Å². The third-order valence-corrected chi connectivity index (χ3v) is 7.23. The highest BCUT2D eigenvalue weighted by Crippen LogP contribution is 2.33. The van der Waals surface area contributed by atoms with Crippen LogP contribution in [0.2, 0.25) is 0 Å². The average Bonchev–Trinajstić information content (AvgIpc) is 2.85. The summed E-state index contributed by atoms with van der Waals surface area (Å²) in [6, 6.07) is 8.37. The summed E-state index contributed by atoms with van der Waals surface area (Å²) in [7, 11) is 0. The molecule has 182 valence electrons. The van der Waals surface area contributed by atoms with Crippen LogP contribution in [-0.2, 0) is 9.59 Å². The molecule has 0 unspecified atom stereocenters. The molecule has 1 N–H and O–H groups in total. The van der Waals surface area contributed by atoms with E-state index in [2.05, 4.69) is 15.1 Å². The molecule has 33 heavy (non-hydrogen) atoms. The van der Waals surface area contributed by atoms with E-state index in [4.69, 9.17) is 4.74 Å². The molecular weight excluding hydrogens is 416 g/mol. The molecule has 3 aliphatic heterocycles. The predicted octanol–water partition coefficient (Wildman–Crippen LogP) is 3.04. The first-order chi connectivity index (χ1) is 16.1. The highest BCUT2D eigenvalue weighted by atomic mass is 16.5. The second-order valence-corrected chi connectivity index (χ2v) is 9.77. The minimum absolute atomic E-state index is 0.0238. The lowest BCUT2D eigenvalue weighted by Crippen LogP contribution is -2.47. The van der Waals surface area contributed by atoms with Gasteiger partial charge in [0.1, 0.15) is 11.9 Å². The van der Waals surface area contributed by atoms with E-state index in [1.165, 1.54) is 58.3 Å². The summed E-state index contributed by atoms with van der Waals surface area (Å²) in [5.74, 6) is 0.667. The fourth-order valence-corrected chi connectivity index (χ4v) is 5.39. The molecule has 2 saturated heterocycles. The Morgan fingerprint density at radius 2 is 1.79 bits per heavy atom. The second-order valence-electron chi connectivity index (χ2n) is 9.77. The predicted molar refractivity (Wildman–Crippen MR) is 131 cm³/mol. The zero-order valence-corrected chi connectivity index (χ0v) is 20.1. The van der Waals surface area contributed by atoms with Crippen LogP contribution in [0.5, 0.6) is 5.75 Å². The van der Waals surface area contributed by atoms with Crippen molar-refractivity contribution in [3.63, 3.8) is 0 Å². The van der Waals surface area contributed by atoms with Crippen LogP contribution in [0.15, 0.2) is 24.3 Å². The van der Waals surface area contributed by atoms with Crippen molar-refractivity contribution >= 4 is 17.5 Å². The van der Waals surface area contributed by atoms with E-state index in [0.717, 1.165) is 30.4 Å². The number of carbonyl (C=O) groups is 2. The van der Waals surface area contributed by atoms with Gasteiger partial charge in [0.15, 0.2) is 0 Å². The molecule has 7 heteroatoms. The van der Waals surface area contributed by atoms with Crippen molar-refractivity contribution < 1.29 is 14.3 Å². The number of likely N-dealkylation sites (tertiary alicyclic amines) is 2. The third kappa shape index (κ3) is 6.70. The van der Waals surface area contributed by atoms with Crippen molar-refractivity contribution in [1.82, 2.24) is 15.1 Å². The normalized spacial score (nSPS) is 22.5. The number of fused-ring (bicyclic) bond motifs is 1. The maximum atomic E-state index is 12.8. The highest BCUT2D eigenvalue weighted by Gasteiger charge is 2.28. The summed E-state index contributed by atoms with van der Waals surface area (Å²) in [6.07, 6.45) is 8.04. The lowest BCUT2D eigenvalue weighted by Gasteiger charge is -2.40. The molecule has 0 saturated carbocycles. The summed E-state index contributed by atoms with van der Waals surface area (Å²) in [5, 5.41) is 3.00. The van der Waals surface area contributed by atoms with Crippen molar-refractivity contribution in [2.24, 2.45) is 0 Å². The Balaban J connectivity index is 1.10. The van der Waals surface area contributed by atoms with Crippen LogP contribution in [0.25, 0.3) is 0 Å². The standard InChI is InChI=1S/C26H40N4O3/c1-21-20-30(23-8-3-4-9-24(23)33-21)26(32)11-10-25(31)27-14-7-15-28-18-12-22(13-19-28)29-16-5-2-6-17-29/h3-4,8-9,21-22H,2,5-7,10-20H2,1H3,(H,27,31)/t21-/m0/s1. The molecule has 1 atom stereocenters. The summed E-state index contributed by atoms with van der Waals surface area (Å²) >= 11 is 0. The van der Waals surface area contributed by atoms with Gasteiger partial charge in [0, 0.05) is 25.4 Å². The van der Waals surface area contributed by atoms with E-state index >= 15 is 0 Å². The van der Waals surface area contributed by atoms with E-state index in [1.54, 1.807) is 4.90 Å². The van der Waals surface area contributed by atoms with Crippen LogP contribution in [0.4, 0.5) is 5.69 Å². The van der Waals surface area contributed by atoms with Gasteiger partial charge in [-0.3, -0.25) is 9.59 Å². The van der Waals surface area contributed by atoms with Crippen molar-refractivity contribution in [2.75, 3.05) is 50.7 Å². The number of benzene rings is 1. The Morgan fingerprint density at radius 1 is 1.03 bits per heavy atom. The van der Waals surface area contributed by atoms with Crippen molar-refractivity contribution in [3.05, 3.63) is 24.3 Å². The van der Waals surface area contributed by atoms with Crippen LogP contribution in [-0.4, -0.2) is 79.6 Å². The third-order valence-electron chi connectivity index (χ3n) is 7.23. The summed E-state index contributed by atoms with van der Waals surface area (Å²) in [6.45, 7) is 9.11. The van der Waals surface area contributed by atoms with Gasteiger partial charge in [-0.05, 0) is 83.9 Å². The van der Waals surface area contributed by atoms with Crippen LogP contribution < -0.4 is 15.0 Å². The van der Waals surface area contributed by atoms with Crippen molar-refractivity contribution in [3.8, 4) is 5.75 Å². The number of nitrogens with one attached hydrogen (secondary N) is 1. The number of nitrogens with zero attached hydrogens (tertiary/aromatic N) is 3. The number of anilines is 1. The molecule has 3 heterocycles. The number of para-hydroxylation sites is 2. The molecule has 0 bridgehead atoms. The van der Waals surface area contributed by atoms with Crippen LogP contribution in [0.1, 0.15) is 58.3 Å². The molecule has 0 radical (unpaired) electrons. The molecule has 1 aromatic rings. The Kier molecular flexibility index (Phi) is 8.62. The van der Waals surface area contributed by atoms with Gasteiger partial charge in [-0.25, -0.2) is 0 Å². The molecule has 0 aromatic heterocycles. The maximum Gasteiger partial charge on any atom is 0.227 e. The summed E-state index contributed by atoms with van der Waals surface area (Å²) in [4.78, 5) is 32.0. The van der Waals surface area contributed by atoms with Crippen molar-refractivity contribution in [2.45, 2.75) is 70.4 Å². The van der Waals surface area contributed by atoms with E-state index in [1.807, 2.05) is 31.2 Å². The second kappa shape index (κ2) is 11.8. The number of piperidine rings is 2. The molecule has 0 spiro atoms. The van der Waals surface area contributed by atoms with E-state index in [0.29, 0.717) is 13.1 Å². The average molecular weight is 457 g/mol. The number of amides is 2. The molecule has 3 aliphatic rings. The summed E-state index contributed by atoms with van der Waals surface area (Å²) in [5.41, 5.74) is 0.796. The quantitative estimate of drug-likeness (QED) is 0.609.